The van der Waals surface area contributed by atoms with Gasteiger partial charge in [0.15, 0.2) is 5.75 Å². The molecule has 1 aromatic heterocycles. The molecule has 0 unspecified atom stereocenters. The van der Waals surface area contributed by atoms with Crippen LogP contribution in [0.5, 0.6) is 11.5 Å². The highest BCUT2D eigenvalue weighted by molar-refractivity contribution is 6.47. The fourth-order valence-corrected chi connectivity index (χ4v) is 3.29. The first kappa shape index (κ1) is 25.3. The van der Waals surface area contributed by atoms with Gasteiger partial charge in [-0.25, -0.2) is 4.79 Å². The van der Waals surface area contributed by atoms with Crippen molar-refractivity contribution in [3.05, 3.63) is 81.2 Å². The van der Waals surface area contributed by atoms with Crippen LogP contribution in [0.25, 0.3) is 5.69 Å². The number of pyridine rings is 1. The lowest BCUT2D eigenvalue weighted by molar-refractivity contribution is -0.114. The van der Waals surface area contributed by atoms with Gasteiger partial charge < -0.3 is 9.47 Å². The van der Waals surface area contributed by atoms with Gasteiger partial charge in [0.2, 0.25) is 5.71 Å². The molecule has 12 heteroatoms. The van der Waals surface area contributed by atoms with Crippen LogP contribution in [0, 0.1) is 11.3 Å². The minimum atomic E-state index is -1.05. The molecule has 0 spiro atoms. The first-order chi connectivity index (χ1) is 16.8. The molecule has 3 aromatic rings. The number of para-hydroxylation sites is 1. The van der Waals surface area contributed by atoms with Crippen LogP contribution in [0.3, 0.4) is 0 Å². The summed E-state index contributed by atoms with van der Waals surface area (Å²) in [6.45, 7) is 1.61. The van der Waals surface area contributed by atoms with Gasteiger partial charge in [-0.1, -0.05) is 41.4 Å². The van der Waals surface area contributed by atoms with Crippen molar-refractivity contribution < 1.29 is 19.1 Å². The number of halogens is 2. The molecule has 35 heavy (non-hydrogen) atoms. The van der Waals surface area contributed by atoms with Crippen LogP contribution < -0.4 is 21.0 Å². The van der Waals surface area contributed by atoms with Gasteiger partial charge in [0, 0.05) is 11.8 Å². The van der Waals surface area contributed by atoms with Crippen LogP contribution in [0.2, 0.25) is 10.0 Å². The Morgan fingerprint density at radius 2 is 1.80 bits per heavy atom. The van der Waals surface area contributed by atoms with Crippen LogP contribution in [0.4, 0.5) is 10.5 Å². The van der Waals surface area contributed by atoms with Gasteiger partial charge in [-0.15, -0.1) is 0 Å². The van der Waals surface area contributed by atoms with Crippen molar-refractivity contribution in [2.75, 3.05) is 12.0 Å². The molecule has 0 aliphatic carbocycles. The largest absolute Gasteiger partial charge is 0.453 e. The zero-order valence-electron chi connectivity index (χ0n) is 18.1. The molecule has 0 aliphatic rings. The molecule has 2 N–H and O–H groups in total. The van der Waals surface area contributed by atoms with E-state index in [1.165, 1.54) is 35.0 Å². The number of nitrogens with one attached hydrogen (secondary N) is 2. The topological polar surface area (TPSA) is 135 Å². The average Bonchev–Trinajstić information content (AvgIpc) is 2.83. The number of hydrogen-bond acceptors (Lipinski definition) is 8. The Morgan fingerprint density at radius 3 is 2.43 bits per heavy atom. The van der Waals surface area contributed by atoms with E-state index in [2.05, 4.69) is 15.3 Å². The second-order valence-electron chi connectivity index (χ2n) is 6.64. The maximum absolute atomic E-state index is 12.3. The number of hydrazone groups is 1. The summed E-state index contributed by atoms with van der Waals surface area (Å²) in [5.74, 6) is -0.635. The molecular weight excluding hydrogens is 497 g/mol. The smallest absolute Gasteiger partial charge is 0.414 e. The number of anilines is 1. The Labute approximate surface area is 209 Å². The lowest BCUT2D eigenvalue weighted by Gasteiger charge is -2.13. The van der Waals surface area contributed by atoms with E-state index in [0.717, 1.165) is 0 Å². The number of nitrogens with zero attached hydrogens (tertiary/aromatic N) is 3. The summed E-state index contributed by atoms with van der Waals surface area (Å²) in [5.41, 5.74) is 2.48. The predicted octanol–water partition coefficient (Wildman–Crippen LogP) is 4.50. The highest BCUT2D eigenvalue weighted by Gasteiger charge is 2.16. The minimum Gasteiger partial charge on any atom is -0.453 e. The third-order valence-electron chi connectivity index (χ3n) is 4.25. The van der Waals surface area contributed by atoms with Crippen LogP contribution in [0.1, 0.15) is 6.92 Å². The van der Waals surface area contributed by atoms with Crippen molar-refractivity contribution in [3.63, 3.8) is 0 Å². The quantitative estimate of drug-likeness (QED) is 0.350. The monoisotopic (exact) mass is 513 g/mol. The van der Waals surface area contributed by atoms with Crippen molar-refractivity contribution in [3.8, 4) is 23.3 Å². The number of carbonyl (C=O) groups is 2. The van der Waals surface area contributed by atoms with Gasteiger partial charge in [0.05, 0.1) is 28.5 Å². The Morgan fingerprint density at radius 1 is 1.11 bits per heavy atom. The molecule has 0 saturated heterocycles. The highest BCUT2D eigenvalue weighted by atomic mass is 35.5. The van der Waals surface area contributed by atoms with Gasteiger partial charge in [0.1, 0.15) is 11.8 Å². The van der Waals surface area contributed by atoms with Gasteiger partial charge in [-0.05, 0) is 37.3 Å². The Kier molecular flexibility index (Phi) is 8.45. The maximum atomic E-state index is 12.3. The molecule has 1 heterocycles. The normalized spacial score (nSPS) is 10.7. The molecule has 0 fully saturated rings. The van der Waals surface area contributed by atoms with Crippen molar-refractivity contribution in [1.29, 1.82) is 5.26 Å². The van der Waals surface area contributed by atoms with Gasteiger partial charge in [0.25, 0.3) is 11.5 Å². The lowest BCUT2D eigenvalue weighted by Crippen LogP contribution is -2.36. The average molecular weight is 514 g/mol. The van der Waals surface area contributed by atoms with Gasteiger partial charge in [-0.2, -0.15) is 10.4 Å². The third kappa shape index (κ3) is 6.60. The van der Waals surface area contributed by atoms with E-state index in [4.69, 9.17) is 33.2 Å². The fourth-order valence-electron chi connectivity index (χ4n) is 2.72. The number of amides is 2. The number of imide groups is 1. The molecule has 2 aromatic carbocycles. The van der Waals surface area contributed by atoms with E-state index in [-0.39, 0.29) is 33.6 Å². The zero-order valence-corrected chi connectivity index (χ0v) is 19.6. The molecule has 0 saturated carbocycles. The number of nitriles is 1. The van der Waals surface area contributed by atoms with Crippen LogP contribution in [-0.4, -0.2) is 28.9 Å². The van der Waals surface area contributed by atoms with Crippen LogP contribution in [0.15, 0.2) is 70.7 Å². The number of benzene rings is 2. The molecule has 0 bridgehead atoms. The third-order valence-corrected chi connectivity index (χ3v) is 4.81. The molecule has 178 valence electrons. The summed E-state index contributed by atoms with van der Waals surface area (Å²) in [4.78, 5) is 35.5. The summed E-state index contributed by atoms with van der Waals surface area (Å²) >= 11 is 12.6. The Hall–Kier alpha value is -4.33. The van der Waals surface area contributed by atoms with Crippen molar-refractivity contribution in [2.24, 2.45) is 5.10 Å². The van der Waals surface area contributed by atoms with Crippen molar-refractivity contribution in [2.45, 2.75) is 6.92 Å². The number of hydrogen-bond donors (Lipinski definition) is 2. The molecule has 0 atom stereocenters. The summed E-state index contributed by atoms with van der Waals surface area (Å²) in [6.07, 6.45) is 0.494. The number of ether oxygens (including phenoxy) is 2. The van der Waals surface area contributed by atoms with E-state index in [0.29, 0.717) is 11.4 Å². The van der Waals surface area contributed by atoms with Crippen molar-refractivity contribution >= 4 is 46.6 Å². The fraction of sp³-hybridized carbons (Fsp3) is 0.0870. The molecule has 3 rings (SSSR count). The predicted molar refractivity (Wildman–Crippen MR) is 130 cm³/mol. The molecule has 0 aliphatic heterocycles. The highest BCUT2D eigenvalue weighted by Crippen LogP contribution is 2.38. The number of carbonyl (C=O) groups excluding carboxylic acids is 2. The maximum Gasteiger partial charge on any atom is 0.414 e. The van der Waals surface area contributed by atoms with E-state index >= 15 is 0 Å². The summed E-state index contributed by atoms with van der Waals surface area (Å²) < 4.78 is 11.8. The van der Waals surface area contributed by atoms with Gasteiger partial charge in [-0.3, -0.25) is 24.9 Å². The molecule has 10 nitrogen and oxygen atoms in total. The summed E-state index contributed by atoms with van der Waals surface area (Å²) in [6, 6.07) is 16.2. The van der Waals surface area contributed by atoms with E-state index in [1.54, 1.807) is 37.3 Å². The summed E-state index contributed by atoms with van der Waals surface area (Å²) in [5, 5.41) is 14.8. The zero-order chi connectivity index (χ0) is 25.4. The standard InChI is InChI=1S/C23H17Cl2N5O5/c1-2-34-23(33)27-22(32)19(12-26)29-28-14-10-17(24)21(18(25)11-14)35-16-8-9-20(31)30(13-16)15-6-4-3-5-7-15/h3-11,13,28H,2H2,1H3,(H,27,32,33). The Bertz CT molecular complexity index is 1360. The number of alkyl carbamates (subject to hydrolysis) is 1. The summed E-state index contributed by atoms with van der Waals surface area (Å²) in [7, 11) is 0. The van der Waals surface area contributed by atoms with E-state index in [1.807, 2.05) is 11.4 Å². The number of rotatable bonds is 7. The molecule has 2 amide bonds. The first-order valence-corrected chi connectivity index (χ1v) is 10.7. The second kappa shape index (κ2) is 11.7. The molecular formula is C23H17Cl2N5O5. The van der Waals surface area contributed by atoms with Crippen LogP contribution in [-0.2, 0) is 9.53 Å². The van der Waals surface area contributed by atoms with E-state index < -0.39 is 17.7 Å². The first-order valence-electron chi connectivity index (χ1n) is 9.99. The Balaban J connectivity index is 1.79. The van der Waals surface area contributed by atoms with E-state index in [9.17, 15) is 14.4 Å². The van der Waals surface area contributed by atoms with Crippen molar-refractivity contribution in [1.82, 2.24) is 9.88 Å². The number of aromatic nitrogens is 1. The molecule has 0 radical (unpaired) electrons. The lowest BCUT2D eigenvalue weighted by atomic mass is 10.3. The van der Waals surface area contributed by atoms with Crippen LogP contribution >= 0.6 is 23.2 Å². The SMILES string of the molecule is CCOC(=O)NC(=O)C(C#N)=NNc1cc(Cl)c(Oc2ccc(=O)n(-c3ccccc3)c2)c(Cl)c1. The van der Waals surface area contributed by atoms with Gasteiger partial charge >= 0.3 is 6.09 Å². The second-order valence-corrected chi connectivity index (χ2v) is 7.45. The minimum absolute atomic E-state index is 0.0507.